The van der Waals surface area contributed by atoms with E-state index in [4.69, 9.17) is 0 Å². The molecule has 1 aromatic carbocycles. The summed E-state index contributed by atoms with van der Waals surface area (Å²) in [5.41, 5.74) is 1.82. The van der Waals surface area contributed by atoms with Gasteiger partial charge in [0.05, 0.1) is 5.52 Å². The summed E-state index contributed by atoms with van der Waals surface area (Å²) in [6.07, 6.45) is 7.51. The van der Waals surface area contributed by atoms with Crippen LogP contribution in [0, 0.1) is 6.92 Å². The van der Waals surface area contributed by atoms with E-state index in [0.717, 1.165) is 29.3 Å². The Balaban J connectivity index is 2.64. The molecule has 0 amide bonds. The van der Waals surface area contributed by atoms with E-state index >= 15 is 0 Å². The van der Waals surface area contributed by atoms with Gasteiger partial charge in [0, 0.05) is 17.8 Å². The van der Waals surface area contributed by atoms with Gasteiger partial charge in [-0.25, -0.2) is 9.78 Å². The van der Waals surface area contributed by atoms with Crippen molar-refractivity contribution in [3.05, 3.63) is 46.5 Å². The van der Waals surface area contributed by atoms with Crippen molar-refractivity contribution in [1.29, 1.82) is 0 Å². The van der Waals surface area contributed by atoms with Gasteiger partial charge in [0.25, 0.3) is 0 Å². The largest absolute Gasteiger partial charge is 0.352 e. The van der Waals surface area contributed by atoms with Crippen LogP contribution in [0.1, 0.15) is 25.3 Å². The molecule has 3 nitrogen and oxygen atoms in total. The van der Waals surface area contributed by atoms with Gasteiger partial charge in [0.1, 0.15) is 0 Å². The SMILES string of the molecule is CCCC=Cn1c(=O)ncc2c(C)cccc21. The first-order valence-corrected chi connectivity index (χ1v) is 5.87. The zero-order valence-electron chi connectivity index (χ0n) is 10.2. The maximum atomic E-state index is 11.7. The highest BCUT2D eigenvalue weighted by atomic mass is 16.1. The number of allylic oxidation sites excluding steroid dienone is 1. The number of fused-ring (bicyclic) bond motifs is 1. The third-order valence-corrected chi connectivity index (χ3v) is 2.78. The van der Waals surface area contributed by atoms with Crippen molar-refractivity contribution >= 4 is 17.1 Å². The molecule has 3 heteroatoms. The van der Waals surface area contributed by atoms with Gasteiger partial charge in [0.2, 0.25) is 0 Å². The summed E-state index contributed by atoms with van der Waals surface area (Å²) in [5, 5.41) is 1.02. The van der Waals surface area contributed by atoms with Gasteiger partial charge < -0.3 is 0 Å². The highest BCUT2D eigenvalue weighted by molar-refractivity contribution is 5.82. The van der Waals surface area contributed by atoms with Crippen molar-refractivity contribution in [2.75, 3.05) is 0 Å². The molecule has 0 spiro atoms. The van der Waals surface area contributed by atoms with E-state index in [1.165, 1.54) is 0 Å². The number of nitrogens with zero attached hydrogens (tertiary/aromatic N) is 2. The molecule has 0 unspecified atom stereocenters. The molecule has 0 atom stereocenters. The minimum absolute atomic E-state index is 0.226. The minimum Gasteiger partial charge on any atom is -0.268 e. The average Bonchev–Trinajstić information content (AvgIpc) is 2.32. The van der Waals surface area contributed by atoms with Crippen LogP contribution in [0.5, 0.6) is 0 Å². The number of unbranched alkanes of at least 4 members (excludes halogenated alkanes) is 1. The maximum absolute atomic E-state index is 11.7. The number of hydrogen-bond acceptors (Lipinski definition) is 2. The molecule has 0 saturated carbocycles. The van der Waals surface area contributed by atoms with Crippen LogP contribution in [0.25, 0.3) is 17.1 Å². The Kier molecular flexibility index (Phi) is 3.38. The van der Waals surface area contributed by atoms with Crippen molar-refractivity contribution in [1.82, 2.24) is 9.55 Å². The Morgan fingerprint density at radius 3 is 3.00 bits per heavy atom. The second kappa shape index (κ2) is 4.95. The van der Waals surface area contributed by atoms with Crippen molar-refractivity contribution in [3.8, 4) is 0 Å². The summed E-state index contributed by atoms with van der Waals surface area (Å²) in [5.74, 6) is 0. The zero-order chi connectivity index (χ0) is 12.3. The number of benzene rings is 1. The summed E-state index contributed by atoms with van der Waals surface area (Å²) in [4.78, 5) is 15.6. The van der Waals surface area contributed by atoms with Crippen LogP contribution in [0.3, 0.4) is 0 Å². The summed E-state index contributed by atoms with van der Waals surface area (Å²) in [6, 6.07) is 5.93. The van der Waals surface area contributed by atoms with Gasteiger partial charge in [-0.05, 0) is 25.0 Å². The van der Waals surface area contributed by atoms with Gasteiger partial charge in [0.15, 0.2) is 0 Å². The summed E-state index contributed by atoms with van der Waals surface area (Å²) in [6.45, 7) is 4.13. The second-order valence-corrected chi connectivity index (χ2v) is 4.09. The second-order valence-electron chi connectivity index (χ2n) is 4.09. The number of hydrogen-bond donors (Lipinski definition) is 0. The molecule has 2 rings (SSSR count). The quantitative estimate of drug-likeness (QED) is 0.809. The number of aryl methyl sites for hydroxylation is 1. The van der Waals surface area contributed by atoms with Gasteiger partial charge in [-0.3, -0.25) is 4.57 Å². The smallest absolute Gasteiger partial charge is 0.268 e. The molecule has 0 fully saturated rings. The summed E-state index contributed by atoms with van der Waals surface area (Å²) in [7, 11) is 0. The van der Waals surface area contributed by atoms with Crippen molar-refractivity contribution in [3.63, 3.8) is 0 Å². The van der Waals surface area contributed by atoms with Crippen LogP contribution in [-0.2, 0) is 0 Å². The monoisotopic (exact) mass is 228 g/mol. The lowest BCUT2D eigenvalue weighted by atomic mass is 10.1. The van der Waals surface area contributed by atoms with Crippen molar-refractivity contribution in [2.45, 2.75) is 26.7 Å². The molecule has 0 aliphatic heterocycles. The predicted molar refractivity (Wildman–Crippen MR) is 71.0 cm³/mol. The van der Waals surface area contributed by atoms with Crippen LogP contribution >= 0.6 is 0 Å². The molecule has 0 aliphatic rings. The third-order valence-electron chi connectivity index (χ3n) is 2.78. The molecule has 17 heavy (non-hydrogen) atoms. The Labute approximate surface area is 100 Å². The first-order valence-electron chi connectivity index (χ1n) is 5.87. The lowest BCUT2D eigenvalue weighted by molar-refractivity contribution is 0.946. The fourth-order valence-corrected chi connectivity index (χ4v) is 1.82. The van der Waals surface area contributed by atoms with Crippen LogP contribution in [0.15, 0.2) is 35.3 Å². The fraction of sp³-hybridized carbons (Fsp3) is 0.286. The molecule has 0 bridgehead atoms. The lowest BCUT2D eigenvalue weighted by Crippen LogP contribution is -2.18. The number of rotatable bonds is 3. The van der Waals surface area contributed by atoms with E-state index in [0.29, 0.717) is 0 Å². The van der Waals surface area contributed by atoms with E-state index in [1.54, 1.807) is 10.8 Å². The molecular weight excluding hydrogens is 212 g/mol. The van der Waals surface area contributed by atoms with Crippen LogP contribution in [0.4, 0.5) is 0 Å². The molecule has 2 aromatic rings. The zero-order valence-corrected chi connectivity index (χ0v) is 10.2. The first kappa shape index (κ1) is 11.6. The molecule has 0 N–H and O–H groups in total. The summed E-state index contributed by atoms with van der Waals surface area (Å²) >= 11 is 0. The highest BCUT2D eigenvalue weighted by Gasteiger charge is 2.02. The Bertz CT molecular complexity index is 611. The topological polar surface area (TPSA) is 34.9 Å². The summed E-state index contributed by atoms with van der Waals surface area (Å²) < 4.78 is 1.61. The van der Waals surface area contributed by atoms with E-state index in [2.05, 4.69) is 11.9 Å². The number of aromatic nitrogens is 2. The lowest BCUT2D eigenvalue weighted by Gasteiger charge is -2.06. The minimum atomic E-state index is -0.226. The highest BCUT2D eigenvalue weighted by Crippen LogP contribution is 2.15. The van der Waals surface area contributed by atoms with Gasteiger partial charge in [-0.15, -0.1) is 0 Å². The van der Waals surface area contributed by atoms with Crippen LogP contribution in [0.2, 0.25) is 0 Å². The van der Waals surface area contributed by atoms with Crippen LogP contribution < -0.4 is 5.69 Å². The Hall–Kier alpha value is -1.90. The fourth-order valence-electron chi connectivity index (χ4n) is 1.82. The molecule has 0 radical (unpaired) electrons. The molecule has 1 aromatic heterocycles. The maximum Gasteiger partial charge on any atom is 0.352 e. The molecule has 0 aliphatic carbocycles. The van der Waals surface area contributed by atoms with Gasteiger partial charge in [-0.1, -0.05) is 31.6 Å². The molecule has 0 saturated heterocycles. The predicted octanol–water partition coefficient (Wildman–Crippen LogP) is 2.98. The van der Waals surface area contributed by atoms with E-state index in [9.17, 15) is 4.79 Å². The van der Waals surface area contributed by atoms with E-state index in [1.807, 2.05) is 37.4 Å². The Morgan fingerprint density at radius 1 is 1.41 bits per heavy atom. The van der Waals surface area contributed by atoms with Crippen molar-refractivity contribution < 1.29 is 0 Å². The average molecular weight is 228 g/mol. The molecule has 88 valence electrons. The standard InChI is InChI=1S/C14H16N2O/c1-3-4-5-9-16-13-8-6-7-11(2)12(13)10-15-14(16)17/h5-10H,3-4H2,1-2H3. The van der Waals surface area contributed by atoms with Crippen molar-refractivity contribution in [2.24, 2.45) is 0 Å². The van der Waals surface area contributed by atoms with E-state index < -0.39 is 0 Å². The first-order chi connectivity index (χ1) is 8.24. The third kappa shape index (κ3) is 2.28. The van der Waals surface area contributed by atoms with E-state index in [-0.39, 0.29) is 5.69 Å². The van der Waals surface area contributed by atoms with Crippen LogP contribution in [-0.4, -0.2) is 9.55 Å². The normalized spacial score (nSPS) is 11.4. The Morgan fingerprint density at radius 2 is 2.24 bits per heavy atom. The van der Waals surface area contributed by atoms with Gasteiger partial charge >= 0.3 is 5.69 Å². The van der Waals surface area contributed by atoms with Gasteiger partial charge in [-0.2, -0.15) is 0 Å². The molecule has 1 heterocycles. The molecular formula is C14H16N2O.